The average molecular weight is 353 g/mol. The summed E-state index contributed by atoms with van der Waals surface area (Å²) >= 11 is 6.13. The summed E-state index contributed by atoms with van der Waals surface area (Å²) in [5.41, 5.74) is 9.73. The largest absolute Gasteiger partial charge is 0.481 e. The Morgan fingerprint density at radius 2 is 2.08 bits per heavy atom. The number of hydrogen-bond donors (Lipinski definition) is 4. The maximum Gasteiger partial charge on any atom is 0.303 e. The van der Waals surface area contributed by atoms with Crippen LogP contribution in [0.5, 0.6) is 0 Å². The van der Waals surface area contributed by atoms with Gasteiger partial charge in [0.25, 0.3) is 0 Å². The van der Waals surface area contributed by atoms with Gasteiger partial charge in [-0.15, -0.1) is 0 Å². The van der Waals surface area contributed by atoms with E-state index in [1.165, 1.54) is 0 Å². The van der Waals surface area contributed by atoms with Gasteiger partial charge in [0, 0.05) is 30.7 Å². The summed E-state index contributed by atoms with van der Waals surface area (Å²) in [5.74, 6) is -0.806. The fraction of sp³-hybridized carbons (Fsp3) is 0.500. The van der Waals surface area contributed by atoms with E-state index >= 15 is 0 Å². The van der Waals surface area contributed by atoms with Crippen LogP contribution in [0.4, 0.5) is 0 Å². The minimum Gasteiger partial charge on any atom is -0.481 e. The van der Waals surface area contributed by atoms with Crippen molar-refractivity contribution >= 4 is 23.5 Å². The summed E-state index contributed by atoms with van der Waals surface area (Å²) < 4.78 is 0. The minimum atomic E-state index is -0.829. The van der Waals surface area contributed by atoms with E-state index in [0.717, 1.165) is 5.56 Å². The van der Waals surface area contributed by atoms with Gasteiger partial charge in [-0.1, -0.05) is 29.8 Å². The summed E-state index contributed by atoms with van der Waals surface area (Å²) in [4.78, 5) is 25.5. The van der Waals surface area contributed by atoms with Crippen LogP contribution in [-0.4, -0.2) is 47.6 Å². The fourth-order valence-corrected chi connectivity index (χ4v) is 3.73. The van der Waals surface area contributed by atoms with E-state index in [1.807, 2.05) is 18.2 Å². The van der Waals surface area contributed by atoms with Crippen molar-refractivity contribution in [3.05, 3.63) is 34.9 Å². The molecule has 1 unspecified atom stereocenters. The number of nitrogens with one attached hydrogen (secondary N) is 3. The van der Waals surface area contributed by atoms with Crippen LogP contribution in [0, 0.1) is 11.8 Å². The lowest BCUT2D eigenvalue weighted by molar-refractivity contribution is -0.138. The van der Waals surface area contributed by atoms with Gasteiger partial charge in [-0.2, -0.15) is 5.53 Å². The first-order valence-corrected chi connectivity index (χ1v) is 8.38. The van der Waals surface area contributed by atoms with Crippen molar-refractivity contribution in [2.45, 2.75) is 18.9 Å². The van der Waals surface area contributed by atoms with Gasteiger partial charge in [-0.05, 0) is 23.5 Å². The molecule has 2 fully saturated rings. The van der Waals surface area contributed by atoms with Crippen molar-refractivity contribution in [3.63, 3.8) is 0 Å². The number of carbonyl (C=O) groups is 2. The molecule has 2 aliphatic heterocycles. The van der Waals surface area contributed by atoms with Gasteiger partial charge >= 0.3 is 5.97 Å². The molecular formula is C16H21ClN4O3. The number of carboxylic acid groups (broad SMARTS) is 1. The number of amides is 1. The molecule has 0 aromatic heterocycles. The van der Waals surface area contributed by atoms with Crippen LogP contribution in [0.2, 0.25) is 5.02 Å². The molecule has 3 atom stereocenters. The molecule has 0 spiro atoms. The van der Waals surface area contributed by atoms with E-state index in [1.54, 1.807) is 11.0 Å². The van der Waals surface area contributed by atoms with Gasteiger partial charge in [0.15, 0.2) is 0 Å². The molecule has 0 radical (unpaired) electrons. The van der Waals surface area contributed by atoms with Crippen molar-refractivity contribution in [1.29, 1.82) is 0 Å². The van der Waals surface area contributed by atoms with Gasteiger partial charge in [0.2, 0.25) is 5.91 Å². The molecule has 0 saturated carbocycles. The Kier molecular flexibility index (Phi) is 5.35. The predicted molar refractivity (Wildman–Crippen MR) is 89.0 cm³/mol. The lowest BCUT2D eigenvalue weighted by Crippen LogP contribution is -2.41. The molecule has 8 heteroatoms. The van der Waals surface area contributed by atoms with E-state index in [9.17, 15) is 9.59 Å². The Morgan fingerprint density at radius 3 is 2.75 bits per heavy atom. The van der Waals surface area contributed by atoms with Crippen molar-refractivity contribution in [2.24, 2.45) is 11.8 Å². The molecule has 1 amide bonds. The molecule has 24 heavy (non-hydrogen) atoms. The second-order valence-corrected chi connectivity index (χ2v) is 6.75. The van der Waals surface area contributed by atoms with E-state index in [2.05, 4.69) is 16.4 Å². The topological polar surface area (TPSA) is 93.7 Å². The first-order valence-electron chi connectivity index (χ1n) is 8.01. The highest BCUT2D eigenvalue weighted by Crippen LogP contribution is 2.30. The van der Waals surface area contributed by atoms with E-state index in [-0.39, 0.29) is 36.6 Å². The molecule has 1 aromatic rings. The summed E-state index contributed by atoms with van der Waals surface area (Å²) in [6.07, 6.45) is 0.305. The Labute approximate surface area is 145 Å². The number of carboxylic acids is 1. The van der Waals surface area contributed by atoms with Crippen LogP contribution in [0.1, 0.15) is 12.0 Å². The lowest BCUT2D eigenvalue weighted by atomic mass is 9.87. The monoisotopic (exact) mass is 352 g/mol. The predicted octanol–water partition coefficient (Wildman–Crippen LogP) is 0.413. The van der Waals surface area contributed by atoms with Crippen LogP contribution < -0.4 is 16.4 Å². The maximum atomic E-state index is 12.6. The number of halogens is 1. The van der Waals surface area contributed by atoms with E-state index in [0.29, 0.717) is 24.7 Å². The van der Waals surface area contributed by atoms with E-state index < -0.39 is 5.97 Å². The Morgan fingerprint density at radius 1 is 1.29 bits per heavy atom. The fourth-order valence-electron chi connectivity index (χ4n) is 3.53. The number of aliphatic carboxylic acids is 1. The molecular weight excluding hydrogens is 332 g/mol. The summed E-state index contributed by atoms with van der Waals surface area (Å²) in [5, 5.41) is 9.74. The third-order valence-electron chi connectivity index (χ3n) is 4.77. The highest BCUT2D eigenvalue weighted by Gasteiger charge is 2.41. The second-order valence-electron chi connectivity index (χ2n) is 6.35. The quantitative estimate of drug-likeness (QED) is 0.613. The second kappa shape index (κ2) is 7.48. The summed E-state index contributed by atoms with van der Waals surface area (Å²) in [6, 6.07) is 7.40. The first-order chi connectivity index (χ1) is 11.5. The highest BCUT2D eigenvalue weighted by atomic mass is 35.5. The Bertz CT molecular complexity index is 621. The molecule has 1 aromatic carbocycles. The smallest absolute Gasteiger partial charge is 0.303 e. The van der Waals surface area contributed by atoms with Crippen LogP contribution in [0.15, 0.2) is 24.3 Å². The molecule has 130 valence electrons. The van der Waals surface area contributed by atoms with Crippen molar-refractivity contribution < 1.29 is 14.7 Å². The van der Waals surface area contributed by atoms with E-state index in [4.69, 9.17) is 16.7 Å². The molecule has 2 saturated heterocycles. The van der Waals surface area contributed by atoms with Gasteiger partial charge < -0.3 is 10.0 Å². The maximum absolute atomic E-state index is 12.6. The molecule has 0 aliphatic carbocycles. The summed E-state index contributed by atoms with van der Waals surface area (Å²) in [7, 11) is 0. The molecule has 7 nitrogen and oxygen atoms in total. The van der Waals surface area contributed by atoms with Crippen LogP contribution in [0.25, 0.3) is 0 Å². The normalized spacial score (nSPS) is 26.7. The number of likely N-dealkylation sites (tertiary alicyclic amines) is 1. The van der Waals surface area contributed by atoms with Crippen molar-refractivity contribution in [1.82, 2.24) is 21.3 Å². The van der Waals surface area contributed by atoms with Crippen molar-refractivity contribution in [2.75, 3.05) is 19.6 Å². The minimum absolute atomic E-state index is 0.0140. The Balaban J connectivity index is 1.68. The highest BCUT2D eigenvalue weighted by molar-refractivity contribution is 6.31. The van der Waals surface area contributed by atoms with Gasteiger partial charge in [0.05, 0.1) is 12.8 Å². The first kappa shape index (κ1) is 17.2. The number of carbonyl (C=O) groups excluding carboxylic acids is 1. The van der Waals surface area contributed by atoms with Crippen molar-refractivity contribution in [3.8, 4) is 0 Å². The third kappa shape index (κ3) is 3.87. The zero-order valence-electron chi connectivity index (χ0n) is 13.2. The van der Waals surface area contributed by atoms with Gasteiger partial charge in [-0.3, -0.25) is 9.59 Å². The van der Waals surface area contributed by atoms with Gasteiger partial charge in [0.1, 0.15) is 0 Å². The van der Waals surface area contributed by atoms with Crippen LogP contribution in [0.3, 0.4) is 0 Å². The lowest BCUT2D eigenvalue weighted by Gasteiger charge is -2.22. The SMILES string of the molecule is O=C(O)C[C@@H]1CN(C(=O)Cc2ccccc2Cl)C[C@@H]1C1CNNN1. The summed E-state index contributed by atoms with van der Waals surface area (Å²) in [6.45, 7) is 1.73. The molecule has 4 N–H and O–H groups in total. The number of hydrogen-bond acceptors (Lipinski definition) is 5. The van der Waals surface area contributed by atoms with Crippen LogP contribution in [-0.2, 0) is 16.0 Å². The molecule has 3 rings (SSSR count). The zero-order chi connectivity index (χ0) is 17.1. The number of nitrogens with zero attached hydrogens (tertiary/aromatic N) is 1. The number of rotatable bonds is 5. The molecule has 2 heterocycles. The number of hydrazine groups is 2. The standard InChI is InChI=1S/C16H21ClN4O3/c17-13-4-2-1-3-10(13)5-15(22)21-8-11(6-16(23)24)12(9-21)14-7-18-20-19-14/h1-4,11-12,14,18-20H,5-9H2,(H,23,24)/t11-,12+,14?/m1/s1. The number of benzene rings is 1. The third-order valence-corrected chi connectivity index (χ3v) is 5.13. The zero-order valence-corrected chi connectivity index (χ0v) is 13.9. The Hall–Kier alpha value is -1.67. The van der Waals surface area contributed by atoms with Crippen LogP contribution >= 0.6 is 11.6 Å². The van der Waals surface area contributed by atoms with Gasteiger partial charge in [-0.25, -0.2) is 10.9 Å². The molecule has 2 aliphatic rings. The average Bonchev–Trinajstić information content (AvgIpc) is 3.18. The molecule has 0 bridgehead atoms.